The van der Waals surface area contributed by atoms with Gasteiger partial charge in [-0.15, -0.1) is 0 Å². The maximum absolute atomic E-state index is 12.2. The van der Waals surface area contributed by atoms with Gasteiger partial charge < -0.3 is 15.4 Å². The molecule has 0 spiro atoms. The zero-order valence-corrected chi connectivity index (χ0v) is 17.9. The number of halogens is 1. The van der Waals surface area contributed by atoms with Crippen LogP contribution in [-0.2, 0) is 22.6 Å². The highest BCUT2D eigenvalue weighted by molar-refractivity contribution is 9.10. The number of nitrogens with one attached hydrogen (secondary N) is 2. The van der Waals surface area contributed by atoms with E-state index in [1.165, 1.54) is 18.3 Å². The summed E-state index contributed by atoms with van der Waals surface area (Å²) in [6.07, 6.45) is 1.02. The normalized spacial score (nSPS) is 10.7. The molecule has 146 valence electrons. The number of rotatable bonds is 7. The lowest BCUT2D eigenvalue weighted by molar-refractivity contribution is -0.121. The van der Waals surface area contributed by atoms with Gasteiger partial charge in [0.15, 0.2) is 5.13 Å². The first-order valence-electron chi connectivity index (χ1n) is 8.71. The number of hydrogen-bond acceptors (Lipinski definition) is 5. The number of carbonyl (C=O) groups excluding carboxylic acids is 2. The van der Waals surface area contributed by atoms with Crippen molar-refractivity contribution >= 4 is 54.4 Å². The van der Waals surface area contributed by atoms with Crippen molar-refractivity contribution in [2.45, 2.75) is 26.3 Å². The van der Waals surface area contributed by atoms with E-state index in [1.54, 1.807) is 7.11 Å². The van der Waals surface area contributed by atoms with Gasteiger partial charge in [0, 0.05) is 29.9 Å². The first-order valence-corrected chi connectivity index (χ1v) is 10.3. The standard InChI is InChI=1S/C20H20BrN3O3S/c1-12(25)23-20-24-16-6-3-13(9-18(16)28-20)4-8-19(26)22-11-14-10-15(21)5-7-17(14)27-2/h3,5-7,9-10H,4,8,11H2,1-2H3,(H,22,26)(H,23,24,25). The SMILES string of the molecule is COc1ccc(Br)cc1CNC(=O)CCc1ccc2nc(NC(C)=O)sc2c1. The molecular weight excluding hydrogens is 442 g/mol. The maximum Gasteiger partial charge on any atom is 0.223 e. The van der Waals surface area contributed by atoms with Crippen LogP contribution in [0.25, 0.3) is 10.2 Å². The number of amides is 2. The van der Waals surface area contributed by atoms with Gasteiger partial charge in [0.25, 0.3) is 0 Å². The number of thiazole rings is 1. The van der Waals surface area contributed by atoms with E-state index >= 15 is 0 Å². The summed E-state index contributed by atoms with van der Waals surface area (Å²) in [6, 6.07) is 11.6. The van der Waals surface area contributed by atoms with Gasteiger partial charge in [0.2, 0.25) is 11.8 Å². The van der Waals surface area contributed by atoms with Gasteiger partial charge >= 0.3 is 0 Å². The molecular formula is C20H20BrN3O3S. The van der Waals surface area contributed by atoms with E-state index in [0.29, 0.717) is 24.5 Å². The number of benzene rings is 2. The smallest absolute Gasteiger partial charge is 0.223 e. The van der Waals surface area contributed by atoms with E-state index in [9.17, 15) is 9.59 Å². The summed E-state index contributed by atoms with van der Waals surface area (Å²) < 4.78 is 7.25. The summed E-state index contributed by atoms with van der Waals surface area (Å²) in [6.45, 7) is 1.87. The Balaban J connectivity index is 1.57. The van der Waals surface area contributed by atoms with Gasteiger partial charge in [-0.05, 0) is 42.3 Å². The molecule has 2 amide bonds. The number of carbonyl (C=O) groups is 2. The van der Waals surface area contributed by atoms with Crippen LogP contribution in [0.5, 0.6) is 5.75 Å². The zero-order chi connectivity index (χ0) is 20.1. The predicted molar refractivity (Wildman–Crippen MR) is 115 cm³/mol. The number of nitrogens with zero attached hydrogens (tertiary/aromatic N) is 1. The van der Waals surface area contributed by atoms with E-state index in [0.717, 1.165) is 31.6 Å². The first kappa shape index (κ1) is 20.3. The summed E-state index contributed by atoms with van der Waals surface area (Å²) in [5, 5.41) is 6.22. The van der Waals surface area contributed by atoms with Crippen molar-refractivity contribution in [2.75, 3.05) is 12.4 Å². The molecule has 0 aliphatic carbocycles. The number of aryl methyl sites for hydroxylation is 1. The third kappa shape index (κ3) is 5.30. The second-order valence-electron chi connectivity index (χ2n) is 6.24. The van der Waals surface area contributed by atoms with Gasteiger partial charge in [-0.2, -0.15) is 0 Å². The Morgan fingerprint density at radius 1 is 1.21 bits per heavy atom. The molecule has 8 heteroatoms. The summed E-state index contributed by atoms with van der Waals surface area (Å²) in [7, 11) is 1.61. The summed E-state index contributed by atoms with van der Waals surface area (Å²) in [4.78, 5) is 27.8. The fourth-order valence-corrected chi connectivity index (χ4v) is 4.14. The molecule has 0 radical (unpaired) electrons. The Bertz CT molecular complexity index is 1020. The molecule has 0 saturated heterocycles. The minimum atomic E-state index is -0.141. The molecule has 1 aromatic heterocycles. The molecule has 0 aliphatic heterocycles. The molecule has 0 bridgehead atoms. The quantitative estimate of drug-likeness (QED) is 0.550. The second kappa shape index (κ2) is 9.16. The van der Waals surface area contributed by atoms with E-state index < -0.39 is 0 Å². The lowest BCUT2D eigenvalue weighted by Crippen LogP contribution is -2.23. The Labute approximate surface area is 175 Å². The molecule has 0 saturated carbocycles. The molecule has 3 aromatic rings. The zero-order valence-electron chi connectivity index (χ0n) is 15.5. The fourth-order valence-electron chi connectivity index (χ4n) is 2.75. The Hall–Kier alpha value is -2.45. The van der Waals surface area contributed by atoms with Crippen molar-refractivity contribution in [2.24, 2.45) is 0 Å². The summed E-state index contributed by atoms with van der Waals surface area (Å²) in [5.41, 5.74) is 2.81. The summed E-state index contributed by atoms with van der Waals surface area (Å²) >= 11 is 4.86. The van der Waals surface area contributed by atoms with Gasteiger partial charge in [-0.25, -0.2) is 4.98 Å². The molecule has 2 N–H and O–H groups in total. The molecule has 28 heavy (non-hydrogen) atoms. The average molecular weight is 462 g/mol. The maximum atomic E-state index is 12.2. The molecule has 0 fully saturated rings. The van der Waals surface area contributed by atoms with Crippen LogP contribution in [-0.4, -0.2) is 23.9 Å². The van der Waals surface area contributed by atoms with E-state index in [-0.39, 0.29) is 11.8 Å². The number of aromatic nitrogens is 1. The molecule has 0 atom stereocenters. The lowest BCUT2D eigenvalue weighted by atomic mass is 10.1. The number of anilines is 1. The van der Waals surface area contributed by atoms with Crippen LogP contribution in [0.3, 0.4) is 0 Å². The van der Waals surface area contributed by atoms with Crippen molar-refractivity contribution in [3.8, 4) is 5.75 Å². The van der Waals surface area contributed by atoms with Gasteiger partial charge in [0.1, 0.15) is 5.75 Å². The van der Waals surface area contributed by atoms with Crippen LogP contribution >= 0.6 is 27.3 Å². The Morgan fingerprint density at radius 2 is 2.04 bits per heavy atom. The monoisotopic (exact) mass is 461 g/mol. The highest BCUT2D eigenvalue weighted by Gasteiger charge is 2.09. The summed E-state index contributed by atoms with van der Waals surface area (Å²) in [5.74, 6) is 0.581. The van der Waals surface area contributed by atoms with Crippen molar-refractivity contribution in [1.29, 1.82) is 0 Å². The molecule has 0 aliphatic rings. The van der Waals surface area contributed by atoms with Gasteiger partial charge in [-0.1, -0.05) is 33.3 Å². The Morgan fingerprint density at radius 3 is 2.79 bits per heavy atom. The van der Waals surface area contributed by atoms with E-state index in [4.69, 9.17) is 4.74 Å². The third-order valence-electron chi connectivity index (χ3n) is 4.10. The van der Waals surface area contributed by atoms with Crippen molar-refractivity contribution in [3.05, 3.63) is 52.0 Å². The van der Waals surface area contributed by atoms with Crippen LogP contribution in [0.2, 0.25) is 0 Å². The van der Waals surface area contributed by atoms with Gasteiger partial charge in [-0.3, -0.25) is 9.59 Å². The highest BCUT2D eigenvalue weighted by atomic mass is 79.9. The Kier molecular flexibility index (Phi) is 6.64. The number of methoxy groups -OCH3 is 1. The van der Waals surface area contributed by atoms with Crippen LogP contribution < -0.4 is 15.4 Å². The number of hydrogen-bond donors (Lipinski definition) is 2. The van der Waals surface area contributed by atoms with Crippen molar-refractivity contribution < 1.29 is 14.3 Å². The predicted octanol–water partition coefficient (Wildman–Crippen LogP) is 4.27. The molecule has 6 nitrogen and oxygen atoms in total. The van der Waals surface area contributed by atoms with E-state index in [2.05, 4.69) is 31.5 Å². The van der Waals surface area contributed by atoms with Gasteiger partial charge in [0.05, 0.1) is 17.3 Å². The number of ether oxygens (including phenoxy) is 1. The van der Waals surface area contributed by atoms with Crippen LogP contribution in [0.1, 0.15) is 24.5 Å². The molecule has 3 rings (SSSR count). The second-order valence-corrected chi connectivity index (χ2v) is 8.18. The average Bonchev–Trinajstić information content (AvgIpc) is 3.05. The minimum absolute atomic E-state index is 0.0228. The van der Waals surface area contributed by atoms with Crippen molar-refractivity contribution in [3.63, 3.8) is 0 Å². The van der Waals surface area contributed by atoms with Crippen LogP contribution in [0, 0.1) is 0 Å². The fraction of sp³-hybridized carbons (Fsp3) is 0.250. The first-order chi connectivity index (χ1) is 13.4. The van der Waals surface area contributed by atoms with Crippen molar-refractivity contribution in [1.82, 2.24) is 10.3 Å². The molecule has 1 heterocycles. The number of fused-ring (bicyclic) bond motifs is 1. The topological polar surface area (TPSA) is 80.3 Å². The van der Waals surface area contributed by atoms with Crippen LogP contribution in [0.4, 0.5) is 5.13 Å². The minimum Gasteiger partial charge on any atom is -0.496 e. The molecule has 0 unspecified atom stereocenters. The third-order valence-corrected chi connectivity index (χ3v) is 5.52. The lowest BCUT2D eigenvalue weighted by Gasteiger charge is -2.10. The highest BCUT2D eigenvalue weighted by Crippen LogP contribution is 2.27. The van der Waals surface area contributed by atoms with Crippen LogP contribution in [0.15, 0.2) is 40.9 Å². The molecule has 2 aromatic carbocycles. The largest absolute Gasteiger partial charge is 0.496 e. The van der Waals surface area contributed by atoms with E-state index in [1.807, 2.05) is 36.4 Å².